The number of nitrogens with one attached hydrogen (secondary N) is 1. The predicted molar refractivity (Wildman–Crippen MR) is 77.9 cm³/mol. The van der Waals surface area contributed by atoms with E-state index in [2.05, 4.69) is 32.1 Å². The van der Waals surface area contributed by atoms with Crippen LogP contribution in [-0.2, 0) is 10.0 Å². The van der Waals surface area contributed by atoms with Crippen LogP contribution in [0.5, 0.6) is 0 Å². The minimum Gasteiger partial charge on any atom is -0.428 e. The molecule has 104 valence electrons. The molecule has 0 aliphatic carbocycles. The summed E-state index contributed by atoms with van der Waals surface area (Å²) < 4.78 is 31.7. The topological polar surface area (TPSA) is 84.6 Å². The highest BCUT2D eigenvalue weighted by molar-refractivity contribution is 7.92. The van der Waals surface area contributed by atoms with Crippen molar-refractivity contribution in [2.24, 2.45) is 4.99 Å². The van der Waals surface area contributed by atoms with Crippen LogP contribution in [0.3, 0.4) is 0 Å². The Morgan fingerprint density at radius 3 is 2.45 bits per heavy atom. The van der Waals surface area contributed by atoms with Crippen molar-refractivity contribution in [1.82, 2.24) is 4.98 Å². The number of thiocarbonyl (C=S) groups is 1. The maximum atomic E-state index is 12.1. The van der Waals surface area contributed by atoms with Gasteiger partial charge in [0, 0.05) is 0 Å². The summed E-state index contributed by atoms with van der Waals surface area (Å²) in [6.45, 7) is 3.44. The van der Waals surface area contributed by atoms with Crippen LogP contribution in [0, 0.1) is 13.8 Å². The third-order valence-electron chi connectivity index (χ3n) is 2.57. The van der Waals surface area contributed by atoms with Gasteiger partial charge in [-0.05, 0) is 50.3 Å². The molecule has 1 N–H and O–H groups in total. The molecule has 0 amide bonds. The van der Waals surface area contributed by atoms with E-state index in [0.29, 0.717) is 17.1 Å². The number of rotatable bonds is 4. The number of hydrogen-bond donors (Lipinski definition) is 1. The number of aliphatic imine (C=N–C) groups is 1. The summed E-state index contributed by atoms with van der Waals surface area (Å²) in [4.78, 5) is 7.79. The van der Waals surface area contributed by atoms with Crippen molar-refractivity contribution in [2.45, 2.75) is 18.7 Å². The van der Waals surface area contributed by atoms with E-state index in [1.807, 2.05) is 0 Å². The normalized spacial score (nSPS) is 10.9. The van der Waals surface area contributed by atoms with Crippen LogP contribution in [0.15, 0.2) is 38.6 Å². The second-order valence-electron chi connectivity index (χ2n) is 3.96. The van der Waals surface area contributed by atoms with Gasteiger partial charge in [0.15, 0.2) is 0 Å². The molecule has 1 aromatic heterocycles. The van der Waals surface area contributed by atoms with Gasteiger partial charge in [0.25, 0.3) is 10.0 Å². The number of anilines is 1. The molecule has 2 aromatic rings. The average Bonchev–Trinajstić information content (AvgIpc) is 2.68. The molecule has 0 saturated heterocycles. The molecule has 0 aliphatic rings. The monoisotopic (exact) mass is 309 g/mol. The summed E-state index contributed by atoms with van der Waals surface area (Å²) in [6.07, 6.45) is 0. The van der Waals surface area contributed by atoms with Gasteiger partial charge < -0.3 is 4.42 Å². The van der Waals surface area contributed by atoms with E-state index < -0.39 is 10.0 Å². The summed E-state index contributed by atoms with van der Waals surface area (Å²) >= 11 is 4.47. The average molecular weight is 309 g/mol. The van der Waals surface area contributed by atoms with Crippen molar-refractivity contribution in [1.29, 1.82) is 0 Å². The van der Waals surface area contributed by atoms with Gasteiger partial charge in [0.2, 0.25) is 0 Å². The first-order valence-corrected chi connectivity index (χ1v) is 7.46. The zero-order valence-electron chi connectivity index (χ0n) is 10.7. The van der Waals surface area contributed by atoms with Gasteiger partial charge in [-0.3, -0.25) is 0 Å². The molecule has 6 nitrogen and oxygen atoms in total. The molecule has 1 aromatic carbocycles. The van der Waals surface area contributed by atoms with Crippen LogP contribution >= 0.6 is 12.2 Å². The second-order valence-corrected chi connectivity index (χ2v) is 5.83. The Balaban J connectivity index is 2.28. The third kappa shape index (κ3) is 3.11. The van der Waals surface area contributed by atoms with Crippen molar-refractivity contribution in [3.63, 3.8) is 0 Å². The van der Waals surface area contributed by atoms with E-state index in [0.717, 1.165) is 0 Å². The highest BCUT2D eigenvalue weighted by atomic mass is 32.2. The number of hydrogen-bond acceptors (Lipinski definition) is 6. The van der Waals surface area contributed by atoms with Crippen molar-refractivity contribution in [3.8, 4) is 0 Å². The smallest absolute Gasteiger partial charge is 0.309 e. The Morgan fingerprint density at radius 2 is 1.95 bits per heavy atom. The Hall–Kier alpha value is -2.02. The Labute approximate surface area is 121 Å². The lowest BCUT2D eigenvalue weighted by atomic mass is 10.3. The summed E-state index contributed by atoms with van der Waals surface area (Å²) in [5.74, 6) is 0.563. The van der Waals surface area contributed by atoms with Crippen molar-refractivity contribution >= 4 is 39.1 Å². The second kappa shape index (κ2) is 5.54. The molecule has 0 unspecified atom stereocenters. The summed E-state index contributed by atoms with van der Waals surface area (Å²) in [5, 5.41) is 2.21. The molecule has 0 fully saturated rings. The summed E-state index contributed by atoms with van der Waals surface area (Å²) in [5.41, 5.74) is 1.16. The van der Waals surface area contributed by atoms with Crippen LogP contribution in [0.25, 0.3) is 0 Å². The largest absolute Gasteiger partial charge is 0.428 e. The number of isothiocyanates is 1. The summed E-state index contributed by atoms with van der Waals surface area (Å²) in [6, 6.07) is 5.83. The minimum absolute atomic E-state index is 0.0546. The molecule has 0 aliphatic heterocycles. The number of oxazole rings is 1. The van der Waals surface area contributed by atoms with Crippen molar-refractivity contribution in [2.75, 3.05) is 4.72 Å². The van der Waals surface area contributed by atoms with Crippen LogP contribution in [0.4, 0.5) is 11.7 Å². The zero-order valence-corrected chi connectivity index (χ0v) is 12.4. The molecule has 2 rings (SSSR count). The maximum Gasteiger partial charge on any atom is 0.309 e. The minimum atomic E-state index is -3.74. The quantitative estimate of drug-likeness (QED) is 0.693. The number of aryl methyl sites for hydroxylation is 2. The van der Waals surface area contributed by atoms with Gasteiger partial charge in [0.05, 0.1) is 21.4 Å². The van der Waals surface area contributed by atoms with Gasteiger partial charge in [-0.25, -0.2) is 13.1 Å². The number of sulfonamides is 1. The van der Waals surface area contributed by atoms with Gasteiger partial charge in [0.1, 0.15) is 5.76 Å². The fourth-order valence-corrected chi connectivity index (χ4v) is 2.48. The maximum absolute atomic E-state index is 12.1. The lowest BCUT2D eigenvalue weighted by Gasteiger charge is -2.04. The van der Waals surface area contributed by atoms with E-state index in [9.17, 15) is 8.42 Å². The number of benzene rings is 1. The van der Waals surface area contributed by atoms with E-state index in [4.69, 9.17) is 4.42 Å². The van der Waals surface area contributed by atoms with Gasteiger partial charge in [-0.15, -0.1) is 0 Å². The van der Waals surface area contributed by atoms with E-state index in [1.54, 1.807) is 13.8 Å². The third-order valence-corrected chi connectivity index (χ3v) is 4.00. The van der Waals surface area contributed by atoms with E-state index in [-0.39, 0.29) is 10.9 Å². The molecule has 8 heteroatoms. The molecule has 20 heavy (non-hydrogen) atoms. The van der Waals surface area contributed by atoms with E-state index in [1.165, 1.54) is 24.3 Å². The van der Waals surface area contributed by atoms with Crippen LogP contribution < -0.4 is 4.72 Å². The molecule has 1 heterocycles. The SMILES string of the molecule is Cc1nc(NS(=O)(=O)c2ccc(N=C=S)cc2)oc1C. The zero-order chi connectivity index (χ0) is 14.8. The lowest BCUT2D eigenvalue weighted by Crippen LogP contribution is -2.12. The van der Waals surface area contributed by atoms with Crippen molar-refractivity contribution < 1.29 is 12.8 Å². The molecule has 0 saturated carbocycles. The Kier molecular flexibility index (Phi) is 3.99. The lowest BCUT2D eigenvalue weighted by molar-refractivity contribution is 0.542. The van der Waals surface area contributed by atoms with Crippen LogP contribution in [-0.4, -0.2) is 18.6 Å². The fourth-order valence-electron chi connectivity index (χ4n) is 1.44. The molecular weight excluding hydrogens is 298 g/mol. The number of nitrogens with zero attached hydrogens (tertiary/aromatic N) is 2. The van der Waals surface area contributed by atoms with Gasteiger partial charge in [-0.1, -0.05) is 0 Å². The summed E-state index contributed by atoms with van der Waals surface area (Å²) in [7, 11) is -3.74. The molecule has 0 atom stereocenters. The highest BCUT2D eigenvalue weighted by Gasteiger charge is 2.17. The number of aromatic nitrogens is 1. The Morgan fingerprint density at radius 1 is 1.30 bits per heavy atom. The van der Waals surface area contributed by atoms with Gasteiger partial charge in [-0.2, -0.15) is 9.98 Å². The standard InChI is InChI=1S/C12H11N3O3S2/c1-8-9(2)18-12(14-8)15-20(16,17)11-5-3-10(4-6-11)13-7-19/h3-6H,1-2H3,(H,14,15). The Bertz CT molecular complexity index is 753. The first kappa shape index (κ1) is 14.4. The molecule has 0 bridgehead atoms. The van der Waals surface area contributed by atoms with Crippen LogP contribution in [0.2, 0.25) is 0 Å². The predicted octanol–water partition coefficient (Wildman–Crippen LogP) is 2.83. The van der Waals surface area contributed by atoms with Crippen molar-refractivity contribution in [3.05, 3.63) is 35.7 Å². The first-order chi connectivity index (χ1) is 9.42. The molecule has 0 spiro atoms. The highest BCUT2D eigenvalue weighted by Crippen LogP contribution is 2.20. The van der Waals surface area contributed by atoms with E-state index >= 15 is 0 Å². The fraction of sp³-hybridized carbons (Fsp3) is 0.167. The molecule has 0 radical (unpaired) electrons. The van der Waals surface area contributed by atoms with Gasteiger partial charge >= 0.3 is 6.01 Å². The first-order valence-electron chi connectivity index (χ1n) is 5.57. The van der Waals surface area contributed by atoms with Crippen LogP contribution in [0.1, 0.15) is 11.5 Å². The molecular formula is C12H11N3O3S2.